The molecule has 0 atom stereocenters. The van der Waals surface area contributed by atoms with Gasteiger partial charge in [-0.25, -0.2) is 4.79 Å². The summed E-state index contributed by atoms with van der Waals surface area (Å²) in [6.45, 7) is 2.67. The summed E-state index contributed by atoms with van der Waals surface area (Å²) in [5.74, 6) is -1.54. The lowest BCUT2D eigenvalue weighted by atomic mass is 10.1. The van der Waals surface area contributed by atoms with Gasteiger partial charge in [-0.15, -0.1) is 11.3 Å². The molecule has 0 aliphatic carbocycles. The Morgan fingerprint density at radius 2 is 1.57 bits per heavy atom. The number of carbonyl (C=O) groups excluding carboxylic acids is 1. The van der Waals surface area contributed by atoms with Crippen molar-refractivity contribution in [3.8, 4) is 0 Å². The van der Waals surface area contributed by atoms with Gasteiger partial charge in [0.15, 0.2) is 0 Å². The van der Waals surface area contributed by atoms with Crippen molar-refractivity contribution in [1.29, 1.82) is 0 Å². The zero-order valence-corrected chi connectivity index (χ0v) is 17.1. The van der Waals surface area contributed by atoms with Gasteiger partial charge in [-0.1, -0.05) is 54.6 Å². The van der Waals surface area contributed by atoms with E-state index in [1.807, 2.05) is 42.5 Å². The third-order valence-corrected chi connectivity index (χ3v) is 6.09. The van der Waals surface area contributed by atoms with Crippen molar-refractivity contribution in [2.75, 3.05) is 10.6 Å². The highest BCUT2D eigenvalue weighted by atomic mass is 32.1. The van der Waals surface area contributed by atoms with Crippen LogP contribution in [0.2, 0.25) is 0 Å². The molecule has 1 amide bonds. The molecule has 3 N–H and O–H groups in total. The van der Waals surface area contributed by atoms with E-state index in [-0.39, 0.29) is 10.4 Å². The van der Waals surface area contributed by atoms with Crippen molar-refractivity contribution in [2.45, 2.75) is 13.5 Å². The molecule has 30 heavy (non-hydrogen) atoms. The number of aromatic carboxylic acids is 1. The lowest BCUT2D eigenvalue weighted by Crippen LogP contribution is -2.15. The number of hydrogen-bond acceptors (Lipinski definition) is 4. The van der Waals surface area contributed by atoms with Gasteiger partial charge < -0.3 is 15.7 Å². The van der Waals surface area contributed by atoms with Crippen LogP contribution < -0.4 is 10.6 Å². The van der Waals surface area contributed by atoms with Crippen LogP contribution in [0.25, 0.3) is 10.1 Å². The van der Waals surface area contributed by atoms with Crippen LogP contribution in [-0.4, -0.2) is 17.0 Å². The van der Waals surface area contributed by atoms with Crippen molar-refractivity contribution in [1.82, 2.24) is 0 Å². The van der Waals surface area contributed by atoms with E-state index in [2.05, 4.69) is 29.7 Å². The highest BCUT2D eigenvalue weighted by molar-refractivity contribution is 7.21. The minimum absolute atomic E-state index is 0.0402. The molecule has 0 aliphatic rings. The minimum Gasteiger partial charge on any atom is -0.478 e. The molecule has 4 aromatic rings. The summed E-state index contributed by atoms with van der Waals surface area (Å²) in [5.41, 5.74) is 3.76. The molecule has 0 aliphatic heterocycles. The van der Waals surface area contributed by atoms with Crippen molar-refractivity contribution in [2.24, 2.45) is 0 Å². The van der Waals surface area contributed by atoms with Crippen molar-refractivity contribution < 1.29 is 14.7 Å². The number of carbonyl (C=O) groups is 2. The normalized spacial score (nSPS) is 10.7. The second kappa shape index (κ2) is 8.39. The van der Waals surface area contributed by atoms with Crippen LogP contribution in [0.15, 0.2) is 72.8 Å². The van der Waals surface area contributed by atoms with E-state index in [9.17, 15) is 14.7 Å². The van der Waals surface area contributed by atoms with Crippen LogP contribution in [0.3, 0.4) is 0 Å². The molecule has 0 bridgehead atoms. The number of anilines is 2. The maximum atomic E-state index is 13.0. The molecular weight excluding hydrogens is 396 g/mol. The fourth-order valence-corrected chi connectivity index (χ4v) is 4.43. The highest BCUT2D eigenvalue weighted by Crippen LogP contribution is 2.32. The number of hydrogen-bond donors (Lipinski definition) is 3. The minimum atomic E-state index is -1.11. The average Bonchev–Trinajstić information content (AvgIpc) is 3.14. The lowest BCUT2D eigenvalue weighted by molar-refractivity contribution is 0.0695. The predicted molar refractivity (Wildman–Crippen MR) is 122 cm³/mol. The van der Waals surface area contributed by atoms with Crippen LogP contribution in [-0.2, 0) is 6.54 Å². The summed E-state index contributed by atoms with van der Waals surface area (Å²) in [6, 6.07) is 22.7. The van der Waals surface area contributed by atoms with Gasteiger partial charge in [0.1, 0.15) is 4.88 Å². The van der Waals surface area contributed by atoms with Crippen molar-refractivity contribution in [3.63, 3.8) is 0 Å². The number of fused-ring (bicyclic) bond motifs is 1. The Labute approximate surface area is 178 Å². The first-order valence-electron chi connectivity index (χ1n) is 9.48. The van der Waals surface area contributed by atoms with Gasteiger partial charge in [0.2, 0.25) is 0 Å². The van der Waals surface area contributed by atoms with Gasteiger partial charge in [-0.3, -0.25) is 4.79 Å². The fraction of sp³-hybridized carbons (Fsp3) is 0.0833. The second-order valence-electron chi connectivity index (χ2n) is 6.89. The van der Waals surface area contributed by atoms with Crippen LogP contribution >= 0.6 is 11.3 Å². The van der Waals surface area contributed by atoms with Crippen LogP contribution in [0.1, 0.15) is 31.2 Å². The van der Waals surface area contributed by atoms with Crippen LogP contribution in [0.5, 0.6) is 0 Å². The standard InChI is InChI=1S/C24H20N2O3S/c1-15-8-2-3-9-16(15)14-25-18-11-5-6-12-19(18)26-23(27)22-21(24(28)29)17-10-4-7-13-20(17)30-22/h2-13,25H,14H2,1H3,(H,26,27)(H,28,29). The molecule has 4 rings (SSSR count). The van der Waals surface area contributed by atoms with E-state index >= 15 is 0 Å². The lowest BCUT2D eigenvalue weighted by Gasteiger charge is -2.14. The van der Waals surface area contributed by atoms with E-state index in [1.165, 1.54) is 16.9 Å². The Balaban J connectivity index is 1.60. The highest BCUT2D eigenvalue weighted by Gasteiger charge is 2.23. The maximum Gasteiger partial charge on any atom is 0.338 e. The number of para-hydroxylation sites is 2. The third-order valence-electron chi connectivity index (χ3n) is 4.92. The third kappa shape index (κ3) is 3.90. The molecule has 0 radical (unpaired) electrons. The van der Waals surface area contributed by atoms with Crippen LogP contribution in [0, 0.1) is 6.92 Å². The molecule has 6 heteroatoms. The quantitative estimate of drug-likeness (QED) is 0.373. The number of carboxylic acids is 1. The molecule has 3 aromatic carbocycles. The summed E-state index contributed by atoms with van der Waals surface area (Å²) in [7, 11) is 0. The first kappa shape index (κ1) is 19.7. The molecule has 5 nitrogen and oxygen atoms in total. The molecule has 0 unspecified atom stereocenters. The molecule has 0 saturated carbocycles. The van der Waals surface area contributed by atoms with Gasteiger partial charge in [-0.05, 0) is 36.2 Å². The Kier molecular flexibility index (Phi) is 5.50. The molecule has 0 fully saturated rings. The van der Waals surface area contributed by atoms with E-state index in [1.54, 1.807) is 18.2 Å². The summed E-state index contributed by atoms with van der Waals surface area (Å²) >= 11 is 1.18. The van der Waals surface area contributed by atoms with Crippen molar-refractivity contribution in [3.05, 3.63) is 94.4 Å². The number of nitrogens with one attached hydrogen (secondary N) is 2. The number of amides is 1. The first-order valence-corrected chi connectivity index (χ1v) is 10.3. The van der Waals surface area contributed by atoms with Gasteiger partial charge >= 0.3 is 5.97 Å². The van der Waals surface area contributed by atoms with Gasteiger partial charge in [-0.2, -0.15) is 0 Å². The monoisotopic (exact) mass is 416 g/mol. The summed E-state index contributed by atoms with van der Waals surface area (Å²) < 4.78 is 0.769. The maximum absolute atomic E-state index is 13.0. The smallest absolute Gasteiger partial charge is 0.338 e. The Bertz CT molecular complexity index is 1250. The second-order valence-corrected chi connectivity index (χ2v) is 7.94. The fourth-order valence-electron chi connectivity index (χ4n) is 3.34. The summed E-state index contributed by atoms with van der Waals surface area (Å²) in [4.78, 5) is 25.0. The molecular formula is C24H20N2O3S. The number of carboxylic acid groups (broad SMARTS) is 1. The van der Waals surface area contributed by atoms with Gasteiger partial charge in [0.05, 0.1) is 16.9 Å². The molecule has 0 saturated heterocycles. The Hall–Kier alpha value is -3.64. The van der Waals surface area contributed by atoms with Gasteiger partial charge in [0, 0.05) is 16.6 Å². The van der Waals surface area contributed by atoms with E-state index in [4.69, 9.17) is 0 Å². The largest absolute Gasteiger partial charge is 0.478 e. The zero-order valence-electron chi connectivity index (χ0n) is 16.3. The molecule has 150 valence electrons. The first-order chi connectivity index (χ1) is 14.5. The SMILES string of the molecule is Cc1ccccc1CNc1ccccc1NC(=O)c1sc2ccccc2c1C(=O)O. The van der Waals surface area contributed by atoms with Crippen LogP contribution in [0.4, 0.5) is 11.4 Å². The molecule has 0 spiro atoms. The zero-order chi connectivity index (χ0) is 21.1. The predicted octanol–water partition coefficient (Wildman–Crippen LogP) is 5.77. The number of rotatable bonds is 6. The number of thiophene rings is 1. The summed E-state index contributed by atoms with van der Waals surface area (Å²) in [5, 5.41) is 16.5. The topological polar surface area (TPSA) is 78.4 Å². The Morgan fingerprint density at radius 1 is 0.900 bits per heavy atom. The summed E-state index contributed by atoms with van der Waals surface area (Å²) in [6.07, 6.45) is 0. The van der Waals surface area contributed by atoms with E-state index in [0.717, 1.165) is 16.0 Å². The molecule has 1 aromatic heterocycles. The number of benzene rings is 3. The van der Waals surface area contributed by atoms with Crippen molar-refractivity contribution >= 4 is 44.7 Å². The Morgan fingerprint density at radius 3 is 2.33 bits per heavy atom. The van der Waals surface area contributed by atoms with E-state index in [0.29, 0.717) is 17.6 Å². The average molecular weight is 417 g/mol. The van der Waals surface area contributed by atoms with Gasteiger partial charge in [0.25, 0.3) is 5.91 Å². The number of aryl methyl sites for hydroxylation is 1. The van der Waals surface area contributed by atoms with E-state index < -0.39 is 11.9 Å². The molecule has 1 heterocycles.